The van der Waals surface area contributed by atoms with Crippen LogP contribution < -0.4 is 19.7 Å². The lowest BCUT2D eigenvalue weighted by atomic mass is 10.2. The van der Waals surface area contributed by atoms with Gasteiger partial charge in [0.25, 0.3) is 11.8 Å². The summed E-state index contributed by atoms with van der Waals surface area (Å²) in [5.41, 5.74) is 1.74. The van der Waals surface area contributed by atoms with Gasteiger partial charge >= 0.3 is 0 Å². The molecule has 3 aromatic rings. The third-order valence-electron chi connectivity index (χ3n) is 4.66. The zero-order valence-corrected chi connectivity index (χ0v) is 18.2. The summed E-state index contributed by atoms with van der Waals surface area (Å²) in [6.45, 7) is 3.88. The Morgan fingerprint density at radius 1 is 0.935 bits per heavy atom. The van der Waals surface area contributed by atoms with E-state index in [9.17, 15) is 9.59 Å². The number of nitrogens with one attached hydrogen (secondary N) is 1. The number of thiophene rings is 1. The van der Waals surface area contributed by atoms with Gasteiger partial charge in [0.15, 0.2) is 0 Å². The number of amides is 2. The second kappa shape index (κ2) is 8.65. The summed E-state index contributed by atoms with van der Waals surface area (Å²) < 4.78 is 10.9. The van der Waals surface area contributed by atoms with Crippen LogP contribution in [-0.4, -0.2) is 25.0 Å². The predicted octanol–water partition coefficient (Wildman–Crippen LogP) is 4.94. The van der Waals surface area contributed by atoms with Gasteiger partial charge in [0.2, 0.25) is 0 Å². The molecule has 0 fully saturated rings. The first-order chi connectivity index (χ1) is 15.0. The molecule has 1 aliphatic heterocycles. The molecule has 0 unspecified atom stereocenters. The van der Waals surface area contributed by atoms with Crippen molar-refractivity contribution >= 4 is 40.1 Å². The molecular weight excluding hydrogens is 412 g/mol. The number of anilines is 2. The van der Waals surface area contributed by atoms with Gasteiger partial charge in [-0.15, -0.1) is 11.3 Å². The number of methoxy groups -OCH3 is 1. The maximum atomic E-state index is 13.4. The molecule has 0 atom stereocenters. The van der Waals surface area contributed by atoms with Crippen LogP contribution >= 0.6 is 11.3 Å². The van der Waals surface area contributed by atoms with E-state index < -0.39 is 5.91 Å². The minimum Gasteiger partial charge on any atom is -0.497 e. The van der Waals surface area contributed by atoms with Gasteiger partial charge in [-0.3, -0.25) is 9.59 Å². The van der Waals surface area contributed by atoms with Gasteiger partial charge in [-0.05, 0) is 61.7 Å². The highest BCUT2D eigenvalue weighted by molar-refractivity contribution is 7.11. The third-order valence-corrected chi connectivity index (χ3v) is 5.54. The van der Waals surface area contributed by atoms with Crippen molar-refractivity contribution < 1.29 is 19.1 Å². The minimum absolute atomic E-state index is 0.0339. The Morgan fingerprint density at radius 2 is 1.71 bits per heavy atom. The zero-order valence-electron chi connectivity index (χ0n) is 17.4. The largest absolute Gasteiger partial charge is 0.497 e. The Bertz CT molecular complexity index is 1130. The van der Waals surface area contributed by atoms with Gasteiger partial charge in [0, 0.05) is 16.6 Å². The number of rotatable bonds is 7. The van der Waals surface area contributed by atoms with Crippen molar-refractivity contribution in [3.63, 3.8) is 0 Å². The maximum Gasteiger partial charge on any atom is 0.282 e. The third kappa shape index (κ3) is 4.18. The number of nitrogens with zero attached hydrogens (tertiary/aromatic N) is 1. The standard InChI is InChI=1S/C24H22N2O4S/c1-15(2)30-18-11-9-17(10-12-18)26-23(27)21(20-8-5-13-31-20)22(24(26)28)25-16-6-4-7-19(14-16)29-3/h4-15,25H,1-3H3. The van der Waals surface area contributed by atoms with E-state index in [-0.39, 0.29) is 17.7 Å². The number of imide groups is 1. The maximum absolute atomic E-state index is 13.4. The number of ether oxygens (including phenoxy) is 2. The summed E-state index contributed by atoms with van der Waals surface area (Å²) in [6, 6.07) is 17.9. The van der Waals surface area contributed by atoms with Gasteiger partial charge in [-0.25, -0.2) is 4.90 Å². The van der Waals surface area contributed by atoms with Crippen LogP contribution in [0.5, 0.6) is 11.5 Å². The number of hydrogen-bond donors (Lipinski definition) is 1. The lowest BCUT2D eigenvalue weighted by molar-refractivity contribution is -0.120. The molecule has 2 amide bonds. The second-order valence-electron chi connectivity index (χ2n) is 7.19. The fraction of sp³-hybridized carbons (Fsp3) is 0.167. The van der Waals surface area contributed by atoms with E-state index in [1.807, 2.05) is 49.6 Å². The first-order valence-corrected chi connectivity index (χ1v) is 10.7. The summed E-state index contributed by atoms with van der Waals surface area (Å²) >= 11 is 1.41. The van der Waals surface area contributed by atoms with Crippen LogP contribution in [0.2, 0.25) is 0 Å². The van der Waals surface area contributed by atoms with Crippen LogP contribution in [0.1, 0.15) is 18.7 Å². The van der Waals surface area contributed by atoms with Gasteiger partial charge < -0.3 is 14.8 Å². The van der Waals surface area contributed by atoms with E-state index in [1.54, 1.807) is 37.4 Å². The Labute approximate surface area is 184 Å². The molecule has 0 saturated heterocycles. The molecule has 0 aliphatic carbocycles. The predicted molar refractivity (Wildman–Crippen MR) is 123 cm³/mol. The van der Waals surface area contributed by atoms with Crippen LogP contribution in [0.4, 0.5) is 11.4 Å². The van der Waals surface area contributed by atoms with E-state index in [1.165, 1.54) is 16.2 Å². The van der Waals surface area contributed by atoms with Crippen LogP contribution in [-0.2, 0) is 9.59 Å². The fourth-order valence-corrected chi connectivity index (χ4v) is 4.09. The minimum atomic E-state index is -0.409. The fourth-order valence-electron chi connectivity index (χ4n) is 3.32. The molecule has 158 valence electrons. The van der Waals surface area contributed by atoms with Crippen LogP contribution in [0, 0.1) is 0 Å². The van der Waals surface area contributed by atoms with Gasteiger partial charge in [-0.2, -0.15) is 0 Å². The second-order valence-corrected chi connectivity index (χ2v) is 8.14. The van der Waals surface area contributed by atoms with Crippen molar-refractivity contribution in [3.05, 3.63) is 76.6 Å². The summed E-state index contributed by atoms with van der Waals surface area (Å²) in [7, 11) is 1.58. The average Bonchev–Trinajstić information content (AvgIpc) is 3.36. The Hall–Kier alpha value is -3.58. The van der Waals surface area contributed by atoms with Crippen molar-refractivity contribution in [2.75, 3.05) is 17.3 Å². The quantitative estimate of drug-likeness (QED) is 0.534. The normalized spacial score (nSPS) is 13.9. The topological polar surface area (TPSA) is 67.9 Å². The molecule has 7 heteroatoms. The van der Waals surface area contributed by atoms with Crippen LogP contribution in [0.3, 0.4) is 0 Å². The van der Waals surface area contributed by atoms with Crippen molar-refractivity contribution in [2.24, 2.45) is 0 Å². The van der Waals surface area contributed by atoms with Gasteiger partial charge in [0.1, 0.15) is 17.2 Å². The van der Waals surface area contributed by atoms with Crippen molar-refractivity contribution in [3.8, 4) is 11.5 Å². The van der Waals surface area contributed by atoms with Gasteiger partial charge in [-0.1, -0.05) is 12.1 Å². The molecule has 2 aromatic carbocycles. The molecule has 0 saturated carbocycles. The van der Waals surface area contributed by atoms with E-state index in [0.717, 1.165) is 4.88 Å². The molecule has 0 radical (unpaired) electrons. The molecule has 4 rings (SSSR count). The highest BCUT2D eigenvalue weighted by Gasteiger charge is 2.40. The number of hydrogen-bond acceptors (Lipinski definition) is 6. The molecule has 1 N–H and O–H groups in total. The Kier molecular flexibility index (Phi) is 5.77. The molecule has 2 heterocycles. The number of carbonyl (C=O) groups excluding carboxylic acids is 2. The van der Waals surface area contributed by atoms with E-state index in [4.69, 9.17) is 9.47 Å². The Balaban J connectivity index is 1.70. The molecule has 31 heavy (non-hydrogen) atoms. The van der Waals surface area contributed by atoms with Crippen LogP contribution in [0.25, 0.3) is 5.57 Å². The van der Waals surface area contributed by atoms with Crippen molar-refractivity contribution in [1.82, 2.24) is 0 Å². The summed E-state index contributed by atoms with van der Waals surface area (Å²) in [5.74, 6) is 0.556. The summed E-state index contributed by atoms with van der Waals surface area (Å²) in [4.78, 5) is 28.6. The summed E-state index contributed by atoms with van der Waals surface area (Å²) in [5, 5.41) is 5.02. The Morgan fingerprint density at radius 3 is 2.35 bits per heavy atom. The molecule has 1 aliphatic rings. The first-order valence-electron chi connectivity index (χ1n) is 9.82. The van der Waals surface area contributed by atoms with Crippen molar-refractivity contribution in [2.45, 2.75) is 20.0 Å². The molecule has 1 aromatic heterocycles. The number of benzene rings is 2. The van der Waals surface area contributed by atoms with E-state index >= 15 is 0 Å². The van der Waals surface area contributed by atoms with Crippen LogP contribution in [0.15, 0.2) is 71.7 Å². The molecular formula is C24H22N2O4S. The van der Waals surface area contributed by atoms with E-state index in [0.29, 0.717) is 28.4 Å². The molecule has 0 bridgehead atoms. The monoisotopic (exact) mass is 434 g/mol. The average molecular weight is 435 g/mol. The first kappa shape index (κ1) is 20.7. The molecule has 6 nitrogen and oxygen atoms in total. The lowest BCUT2D eigenvalue weighted by Gasteiger charge is -2.16. The number of carbonyl (C=O) groups is 2. The summed E-state index contributed by atoms with van der Waals surface area (Å²) in [6.07, 6.45) is 0.0339. The van der Waals surface area contributed by atoms with Gasteiger partial charge in [0.05, 0.1) is 24.5 Å². The lowest BCUT2D eigenvalue weighted by Crippen LogP contribution is -2.32. The highest BCUT2D eigenvalue weighted by atomic mass is 32.1. The molecule has 0 spiro atoms. The SMILES string of the molecule is COc1cccc(NC2=C(c3cccs3)C(=O)N(c3ccc(OC(C)C)cc3)C2=O)c1. The zero-order chi connectivity index (χ0) is 22.0. The van der Waals surface area contributed by atoms with E-state index in [2.05, 4.69) is 5.32 Å². The smallest absolute Gasteiger partial charge is 0.282 e. The van der Waals surface area contributed by atoms with Crippen molar-refractivity contribution in [1.29, 1.82) is 0 Å². The highest BCUT2D eigenvalue weighted by Crippen LogP contribution is 2.36.